The fraction of sp³-hybridized carbons (Fsp3) is 0.636. The van der Waals surface area contributed by atoms with Crippen LogP contribution in [0.4, 0.5) is 11.6 Å². The van der Waals surface area contributed by atoms with Gasteiger partial charge in [-0.25, -0.2) is 9.97 Å². The average Bonchev–Trinajstić information content (AvgIpc) is 3.06. The van der Waals surface area contributed by atoms with E-state index in [1.807, 2.05) is 0 Å². The van der Waals surface area contributed by atoms with Crippen molar-refractivity contribution in [2.75, 3.05) is 23.7 Å². The van der Waals surface area contributed by atoms with Crippen LogP contribution in [-0.4, -0.2) is 23.1 Å². The summed E-state index contributed by atoms with van der Waals surface area (Å²) in [6, 6.07) is 0. The summed E-state index contributed by atoms with van der Waals surface area (Å²) in [5.74, 6) is 2.29. The van der Waals surface area contributed by atoms with E-state index in [1.54, 1.807) is 0 Å². The van der Waals surface area contributed by atoms with Crippen LogP contribution in [0.5, 0.6) is 0 Å². The quantitative estimate of drug-likeness (QED) is 0.902. The first-order valence-corrected chi connectivity index (χ1v) is 6.52. The number of anilines is 2. The van der Waals surface area contributed by atoms with Gasteiger partial charge in [0, 0.05) is 13.1 Å². The molecule has 1 heterocycles. The number of hydrogen-bond donors (Lipinski definition) is 1. The van der Waals surface area contributed by atoms with Crippen molar-refractivity contribution in [2.45, 2.75) is 26.2 Å². The molecule has 16 heavy (non-hydrogen) atoms. The second kappa shape index (κ2) is 4.99. The molecule has 1 aromatic rings. The molecule has 1 saturated carbocycles. The van der Waals surface area contributed by atoms with E-state index in [0.717, 1.165) is 35.7 Å². The highest BCUT2D eigenvalue weighted by Gasteiger charge is 2.25. The molecule has 0 spiro atoms. The largest absolute Gasteiger partial charge is 0.383 e. The Balaban J connectivity index is 2.18. The van der Waals surface area contributed by atoms with Crippen LogP contribution in [0.3, 0.4) is 0 Å². The van der Waals surface area contributed by atoms with Crippen LogP contribution in [0.15, 0.2) is 10.8 Å². The summed E-state index contributed by atoms with van der Waals surface area (Å²) >= 11 is 3.47. The molecule has 0 amide bonds. The highest BCUT2D eigenvalue weighted by atomic mass is 79.9. The van der Waals surface area contributed by atoms with E-state index < -0.39 is 0 Å². The summed E-state index contributed by atoms with van der Waals surface area (Å²) < 4.78 is 0.823. The summed E-state index contributed by atoms with van der Waals surface area (Å²) in [5, 5.41) is 0. The zero-order valence-corrected chi connectivity index (χ0v) is 11.1. The molecule has 1 aliphatic rings. The molecule has 0 aliphatic heterocycles. The predicted octanol–water partition coefficient (Wildman–Crippen LogP) is 2.45. The van der Waals surface area contributed by atoms with Crippen molar-refractivity contribution in [2.24, 2.45) is 5.92 Å². The Hall–Kier alpha value is -0.840. The Labute approximate surface area is 104 Å². The monoisotopic (exact) mass is 284 g/mol. The van der Waals surface area contributed by atoms with Gasteiger partial charge in [-0.05, 0) is 41.1 Å². The first-order chi connectivity index (χ1) is 7.72. The van der Waals surface area contributed by atoms with Crippen molar-refractivity contribution in [3.05, 3.63) is 10.8 Å². The van der Waals surface area contributed by atoms with E-state index in [9.17, 15) is 0 Å². The third-order valence-electron chi connectivity index (χ3n) is 2.77. The third-order valence-corrected chi connectivity index (χ3v) is 3.53. The molecule has 2 rings (SSSR count). The molecular formula is C11H17BrN4. The predicted molar refractivity (Wildman–Crippen MR) is 69.4 cm³/mol. The smallest absolute Gasteiger partial charge is 0.148 e. The minimum absolute atomic E-state index is 0.516. The Morgan fingerprint density at radius 2 is 2.25 bits per heavy atom. The van der Waals surface area contributed by atoms with Crippen molar-refractivity contribution in [3.8, 4) is 0 Å². The van der Waals surface area contributed by atoms with E-state index in [4.69, 9.17) is 5.73 Å². The minimum Gasteiger partial charge on any atom is -0.383 e. The topological polar surface area (TPSA) is 55.0 Å². The van der Waals surface area contributed by atoms with Gasteiger partial charge in [-0.15, -0.1) is 0 Å². The number of aromatic nitrogens is 2. The zero-order chi connectivity index (χ0) is 11.5. The van der Waals surface area contributed by atoms with E-state index in [1.165, 1.54) is 19.2 Å². The summed E-state index contributed by atoms with van der Waals surface area (Å²) in [6.45, 7) is 4.28. The van der Waals surface area contributed by atoms with Gasteiger partial charge in [0.05, 0.1) is 0 Å². The second-order valence-corrected chi connectivity index (χ2v) is 5.08. The summed E-state index contributed by atoms with van der Waals surface area (Å²) in [4.78, 5) is 10.6. The van der Waals surface area contributed by atoms with E-state index in [-0.39, 0.29) is 0 Å². The lowest BCUT2D eigenvalue weighted by Crippen LogP contribution is -2.28. The van der Waals surface area contributed by atoms with Crippen molar-refractivity contribution in [1.29, 1.82) is 0 Å². The van der Waals surface area contributed by atoms with Gasteiger partial charge in [0.1, 0.15) is 22.4 Å². The maximum atomic E-state index is 5.78. The van der Waals surface area contributed by atoms with Gasteiger partial charge in [0.15, 0.2) is 0 Å². The van der Waals surface area contributed by atoms with Crippen molar-refractivity contribution >= 4 is 27.6 Å². The Bertz CT molecular complexity index is 365. The van der Waals surface area contributed by atoms with Crippen LogP contribution in [0, 0.1) is 5.92 Å². The molecule has 1 aliphatic carbocycles. The highest BCUT2D eigenvalue weighted by molar-refractivity contribution is 9.10. The number of nitrogens with zero attached hydrogens (tertiary/aromatic N) is 3. The lowest BCUT2D eigenvalue weighted by Gasteiger charge is -2.24. The van der Waals surface area contributed by atoms with Gasteiger partial charge in [0.2, 0.25) is 0 Å². The first-order valence-electron chi connectivity index (χ1n) is 5.73. The maximum absolute atomic E-state index is 5.78. The SMILES string of the molecule is CCCN(CC1CC1)c1ncnc(N)c1Br. The standard InChI is InChI=1S/C11H17BrN4/c1-2-5-16(6-8-3-4-8)11-9(12)10(13)14-7-15-11/h7-8H,2-6H2,1H3,(H2,13,14,15). The molecule has 88 valence electrons. The van der Waals surface area contributed by atoms with Crippen molar-refractivity contribution in [1.82, 2.24) is 9.97 Å². The van der Waals surface area contributed by atoms with E-state index >= 15 is 0 Å². The van der Waals surface area contributed by atoms with Gasteiger partial charge in [0.25, 0.3) is 0 Å². The minimum atomic E-state index is 0.516. The van der Waals surface area contributed by atoms with Crippen LogP contribution in [0.25, 0.3) is 0 Å². The van der Waals surface area contributed by atoms with Gasteiger partial charge < -0.3 is 10.6 Å². The number of nitrogen functional groups attached to an aromatic ring is 1. The zero-order valence-electron chi connectivity index (χ0n) is 9.49. The van der Waals surface area contributed by atoms with Crippen LogP contribution >= 0.6 is 15.9 Å². The fourth-order valence-corrected chi connectivity index (χ4v) is 2.22. The molecule has 0 aromatic carbocycles. The number of nitrogens with two attached hydrogens (primary N) is 1. The molecule has 0 atom stereocenters. The molecular weight excluding hydrogens is 268 g/mol. The van der Waals surface area contributed by atoms with Gasteiger partial charge >= 0.3 is 0 Å². The molecule has 0 unspecified atom stereocenters. The van der Waals surface area contributed by atoms with Crippen molar-refractivity contribution < 1.29 is 0 Å². The molecule has 5 heteroatoms. The summed E-state index contributed by atoms with van der Waals surface area (Å²) in [6.07, 6.45) is 5.34. The van der Waals surface area contributed by atoms with Crippen molar-refractivity contribution in [3.63, 3.8) is 0 Å². The molecule has 1 aromatic heterocycles. The lowest BCUT2D eigenvalue weighted by molar-refractivity contribution is 0.696. The number of halogens is 1. The fourth-order valence-electron chi connectivity index (χ4n) is 1.76. The molecule has 0 bridgehead atoms. The summed E-state index contributed by atoms with van der Waals surface area (Å²) in [5.41, 5.74) is 5.78. The highest BCUT2D eigenvalue weighted by Crippen LogP contribution is 2.34. The number of rotatable bonds is 5. The van der Waals surface area contributed by atoms with Gasteiger partial charge in [-0.1, -0.05) is 6.92 Å². The van der Waals surface area contributed by atoms with Gasteiger partial charge in [-0.3, -0.25) is 0 Å². The average molecular weight is 285 g/mol. The molecule has 0 radical (unpaired) electrons. The normalized spacial score (nSPS) is 15.1. The Kier molecular flexibility index (Phi) is 3.63. The van der Waals surface area contributed by atoms with E-state index in [0.29, 0.717) is 5.82 Å². The first kappa shape index (κ1) is 11.6. The maximum Gasteiger partial charge on any atom is 0.148 e. The Morgan fingerprint density at radius 1 is 1.50 bits per heavy atom. The van der Waals surface area contributed by atoms with Crippen LogP contribution < -0.4 is 10.6 Å². The van der Waals surface area contributed by atoms with Crippen LogP contribution in [0.2, 0.25) is 0 Å². The lowest BCUT2D eigenvalue weighted by atomic mass is 10.3. The molecule has 0 saturated heterocycles. The molecule has 4 nitrogen and oxygen atoms in total. The van der Waals surface area contributed by atoms with Crippen LogP contribution in [-0.2, 0) is 0 Å². The Morgan fingerprint density at radius 3 is 2.88 bits per heavy atom. The van der Waals surface area contributed by atoms with Gasteiger partial charge in [-0.2, -0.15) is 0 Å². The second-order valence-electron chi connectivity index (χ2n) is 4.29. The molecule has 1 fully saturated rings. The van der Waals surface area contributed by atoms with E-state index in [2.05, 4.69) is 37.7 Å². The third kappa shape index (κ3) is 2.64. The molecule has 2 N–H and O–H groups in total. The van der Waals surface area contributed by atoms with Crippen LogP contribution in [0.1, 0.15) is 26.2 Å². The summed E-state index contributed by atoms with van der Waals surface area (Å²) in [7, 11) is 0. The number of hydrogen-bond acceptors (Lipinski definition) is 4.